The van der Waals surface area contributed by atoms with Gasteiger partial charge in [-0.1, -0.05) is 38.0 Å². The second-order valence-corrected chi connectivity index (χ2v) is 5.59. The molecule has 0 heterocycles. The molecule has 1 unspecified atom stereocenters. The third kappa shape index (κ3) is 3.30. The van der Waals surface area contributed by atoms with Crippen LogP contribution in [0.1, 0.15) is 38.2 Å². The van der Waals surface area contributed by atoms with E-state index in [0.29, 0.717) is 12.3 Å². The van der Waals surface area contributed by atoms with E-state index in [9.17, 15) is 4.39 Å². The van der Waals surface area contributed by atoms with Crippen LogP contribution in [0.4, 0.5) is 4.39 Å². The minimum atomic E-state index is -0.123. The highest BCUT2D eigenvalue weighted by Gasteiger charge is 2.26. The minimum Gasteiger partial charge on any atom is -0.271 e. The lowest BCUT2D eigenvalue weighted by atomic mass is 9.78. The van der Waals surface area contributed by atoms with Gasteiger partial charge in [0.25, 0.3) is 0 Å². The van der Waals surface area contributed by atoms with Crippen LogP contribution in [0.15, 0.2) is 24.3 Å². The molecule has 1 aromatic rings. The lowest BCUT2D eigenvalue weighted by molar-refractivity contribution is 0.229. The Bertz CT molecular complexity index is 373. The number of hydrogen-bond acceptors (Lipinski definition) is 2. The van der Waals surface area contributed by atoms with E-state index in [1.165, 1.54) is 31.7 Å². The average Bonchev–Trinajstić information content (AvgIpc) is 2.39. The standard InChI is InChI=1S/C15H23FN2/c1-11-6-8-12(9-7-11)15(18-17)10-13-4-2-3-5-14(13)16/h2-5,11-12,15,18H,6-10,17H2,1H3. The summed E-state index contributed by atoms with van der Waals surface area (Å²) in [6.45, 7) is 2.30. The summed E-state index contributed by atoms with van der Waals surface area (Å²) in [4.78, 5) is 0. The molecule has 0 amide bonds. The van der Waals surface area contributed by atoms with Gasteiger partial charge < -0.3 is 0 Å². The molecule has 100 valence electrons. The largest absolute Gasteiger partial charge is 0.271 e. The molecule has 18 heavy (non-hydrogen) atoms. The van der Waals surface area contributed by atoms with Crippen LogP contribution in [-0.4, -0.2) is 6.04 Å². The summed E-state index contributed by atoms with van der Waals surface area (Å²) in [7, 11) is 0. The first-order valence-corrected chi connectivity index (χ1v) is 6.90. The first kappa shape index (κ1) is 13.5. The fourth-order valence-electron chi connectivity index (χ4n) is 2.95. The van der Waals surface area contributed by atoms with Crippen LogP contribution in [0.5, 0.6) is 0 Å². The Kier molecular flexibility index (Phi) is 4.72. The van der Waals surface area contributed by atoms with Crippen molar-refractivity contribution in [2.45, 2.75) is 45.1 Å². The van der Waals surface area contributed by atoms with Crippen molar-refractivity contribution in [3.8, 4) is 0 Å². The molecule has 2 nitrogen and oxygen atoms in total. The van der Waals surface area contributed by atoms with Crippen molar-refractivity contribution < 1.29 is 4.39 Å². The maximum absolute atomic E-state index is 13.6. The van der Waals surface area contributed by atoms with Gasteiger partial charge in [0.05, 0.1) is 0 Å². The lowest BCUT2D eigenvalue weighted by Crippen LogP contribution is -2.43. The van der Waals surface area contributed by atoms with Gasteiger partial charge in [-0.15, -0.1) is 0 Å². The lowest BCUT2D eigenvalue weighted by Gasteiger charge is -2.32. The summed E-state index contributed by atoms with van der Waals surface area (Å²) in [5.41, 5.74) is 3.66. The van der Waals surface area contributed by atoms with Gasteiger partial charge in [-0.3, -0.25) is 11.3 Å². The molecule has 0 radical (unpaired) electrons. The van der Waals surface area contributed by atoms with Crippen LogP contribution in [0.3, 0.4) is 0 Å². The highest BCUT2D eigenvalue weighted by atomic mass is 19.1. The van der Waals surface area contributed by atoms with E-state index in [-0.39, 0.29) is 11.9 Å². The van der Waals surface area contributed by atoms with Crippen LogP contribution < -0.4 is 11.3 Å². The molecule has 1 fully saturated rings. The molecular weight excluding hydrogens is 227 g/mol. The highest BCUT2D eigenvalue weighted by molar-refractivity contribution is 5.18. The molecule has 3 N–H and O–H groups in total. The van der Waals surface area contributed by atoms with E-state index in [2.05, 4.69) is 12.3 Å². The summed E-state index contributed by atoms with van der Waals surface area (Å²) in [6.07, 6.45) is 5.61. The van der Waals surface area contributed by atoms with E-state index in [1.54, 1.807) is 6.07 Å². The number of nitrogens with two attached hydrogens (primary N) is 1. The summed E-state index contributed by atoms with van der Waals surface area (Å²) in [6, 6.07) is 7.17. The molecule has 1 aliphatic carbocycles. The zero-order valence-electron chi connectivity index (χ0n) is 11.0. The summed E-state index contributed by atoms with van der Waals surface area (Å²) in [5.74, 6) is 6.94. The summed E-state index contributed by atoms with van der Waals surface area (Å²) in [5, 5.41) is 0. The summed E-state index contributed by atoms with van der Waals surface area (Å²) >= 11 is 0. The SMILES string of the molecule is CC1CCC(C(Cc2ccccc2F)NN)CC1. The highest BCUT2D eigenvalue weighted by Crippen LogP contribution is 2.31. The number of hydrogen-bond donors (Lipinski definition) is 2. The second-order valence-electron chi connectivity index (χ2n) is 5.59. The van der Waals surface area contributed by atoms with Gasteiger partial charge in [-0.05, 0) is 42.7 Å². The topological polar surface area (TPSA) is 38.0 Å². The fourth-order valence-corrected chi connectivity index (χ4v) is 2.95. The number of halogens is 1. The average molecular weight is 250 g/mol. The molecule has 1 aromatic carbocycles. The monoisotopic (exact) mass is 250 g/mol. The van der Waals surface area contributed by atoms with Gasteiger partial charge in [-0.25, -0.2) is 4.39 Å². The molecule has 1 aliphatic rings. The maximum atomic E-state index is 13.6. The third-order valence-corrected chi connectivity index (χ3v) is 4.24. The van der Waals surface area contributed by atoms with Gasteiger partial charge in [-0.2, -0.15) is 0 Å². The Morgan fingerprint density at radius 3 is 2.56 bits per heavy atom. The van der Waals surface area contributed by atoms with Crippen molar-refractivity contribution in [2.24, 2.45) is 17.7 Å². The van der Waals surface area contributed by atoms with Crippen molar-refractivity contribution in [1.29, 1.82) is 0 Å². The van der Waals surface area contributed by atoms with Crippen LogP contribution >= 0.6 is 0 Å². The molecular formula is C15H23FN2. The minimum absolute atomic E-state index is 0.123. The number of benzene rings is 1. The first-order valence-electron chi connectivity index (χ1n) is 6.90. The van der Waals surface area contributed by atoms with E-state index in [1.807, 2.05) is 12.1 Å². The van der Waals surface area contributed by atoms with Crippen molar-refractivity contribution in [2.75, 3.05) is 0 Å². The predicted octanol–water partition coefficient (Wildman–Crippen LogP) is 3.03. The predicted molar refractivity (Wildman–Crippen MR) is 72.3 cm³/mol. The normalized spacial score (nSPS) is 25.9. The number of rotatable bonds is 4. The van der Waals surface area contributed by atoms with Gasteiger partial charge >= 0.3 is 0 Å². The Balaban J connectivity index is 1.99. The van der Waals surface area contributed by atoms with Crippen molar-refractivity contribution in [1.82, 2.24) is 5.43 Å². The molecule has 0 saturated heterocycles. The van der Waals surface area contributed by atoms with Crippen molar-refractivity contribution in [3.63, 3.8) is 0 Å². The van der Waals surface area contributed by atoms with E-state index in [0.717, 1.165) is 11.5 Å². The summed E-state index contributed by atoms with van der Waals surface area (Å²) < 4.78 is 13.6. The van der Waals surface area contributed by atoms with E-state index < -0.39 is 0 Å². The Morgan fingerprint density at radius 1 is 1.28 bits per heavy atom. The zero-order valence-corrected chi connectivity index (χ0v) is 11.0. The fraction of sp³-hybridized carbons (Fsp3) is 0.600. The van der Waals surface area contributed by atoms with Crippen molar-refractivity contribution >= 4 is 0 Å². The Morgan fingerprint density at radius 2 is 1.94 bits per heavy atom. The van der Waals surface area contributed by atoms with Gasteiger partial charge in [0.2, 0.25) is 0 Å². The second kappa shape index (κ2) is 6.30. The van der Waals surface area contributed by atoms with Crippen LogP contribution in [0.25, 0.3) is 0 Å². The number of nitrogens with one attached hydrogen (secondary N) is 1. The quantitative estimate of drug-likeness (QED) is 0.637. The molecule has 3 heteroatoms. The van der Waals surface area contributed by atoms with Crippen molar-refractivity contribution in [3.05, 3.63) is 35.6 Å². The van der Waals surface area contributed by atoms with Gasteiger partial charge in [0, 0.05) is 6.04 Å². The van der Waals surface area contributed by atoms with E-state index in [4.69, 9.17) is 5.84 Å². The first-order chi connectivity index (χ1) is 8.70. The zero-order chi connectivity index (χ0) is 13.0. The molecule has 0 aromatic heterocycles. The maximum Gasteiger partial charge on any atom is 0.126 e. The Labute approximate surface area is 109 Å². The molecule has 1 atom stereocenters. The number of hydrazine groups is 1. The van der Waals surface area contributed by atoms with Crippen LogP contribution in [-0.2, 0) is 6.42 Å². The van der Waals surface area contributed by atoms with Gasteiger partial charge in [0.1, 0.15) is 5.82 Å². The molecule has 2 rings (SSSR count). The van der Waals surface area contributed by atoms with Crippen LogP contribution in [0.2, 0.25) is 0 Å². The van der Waals surface area contributed by atoms with Gasteiger partial charge in [0.15, 0.2) is 0 Å². The molecule has 1 saturated carbocycles. The third-order valence-electron chi connectivity index (χ3n) is 4.24. The van der Waals surface area contributed by atoms with E-state index >= 15 is 0 Å². The molecule has 0 bridgehead atoms. The smallest absolute Gasteiger partial charge is 0.126 e. The molecule has 0 spiro atoms. The molecule has 0 aliphatic heterocycles. The van der Waals surface area contributed by atoms with Crippen LogP contribution in [0, 0.1) is 17.7 Å². The Hall–Kier alpha value is -0.930.